The lowest BCUT2D eigenvalue weighted by atomic mass is 10.2. The highest BCUT2D eigenvalue weighted by Gasteiger charge is 2.17. The number of benzene rings is 2. The van der Waals surface area contributed by atoms with E-state index in [1.54, 1.807) is 0 Å². The number of aldehydes is 2. The molecule has 0 saturated carbocycles. The lowest BCUT2D eigenvalue weighted by molar-refractivity contribution is 0.111. The van der Waals surface area contributed by atoms with Crippen LogP contribution in [-0.2, 0) is 9.84 Å². The van der Waals surface area contributed by atoms with Gasteiger partial charge in [0, 0.05) is 11.1 Å². The van der Waals surface area contributed by atoms with E-state index in [9.17, 15) is 18.0 Å². The summed E-state index contributed by atoms with van der Waals surface area (Å²) in [4.78, 5) is 21.3. The van der Waals surface area contributed by atoms with E-state index in [0.717, 1.165) is 0 Å². The van der Waals surface area contributed by atoms with Crippen LogP contribution in [0.25, 0.3) is 0 Å². The Balaban J connectivity index is 2.44. The van der Waals surface area contributed by atoms with E-state index in [0.29, 0.717) is 23.7 Å². The molecule has 0 heterocycles. The maximum atomic E-state index is 12.3. The summed E-state index contributed by atoms with van der Waals surface area (Å²) in [7, 11) is -3.62. The van der Waals surface area contributed by atoms with Crippen LogP contribution in [0.5, 0.6) is 0 Å². The summed E-state index contributed by atoms with van der Waals surface area (Å²) in [5, 5.41) is 0. The first-order chi connectivity index (χ1) is 9.07. The molecule has 0 aliphatic rings. The topological polar surface area (TPSA) is 68.3 Å². The van der Waals surface area contributed by atoms with Crippen LogP contribution >= 0.6 is 0 Å². The third kappa shape index (κ3) is 2.61. The molecule has 0 atom stereocenters. The highest BCUT2D eigenvalue weighted by atomic mass is 32.2. The molecule has 0 bridgehead atoms. The van der Waals surface area contributed by atoms with Crippen molar-refractivity contribution in [2.75, 3.05) is 0 Å². The van der Waals surface area contributed by atoms with Gasteiger partial charge in [-0.05, 0) is 24.3 Å². The molecule has 4 nitrogen and oxygen atoms in total. The summed E-state index contributed by atoms with van der Waals surface area (Å²) in [6.07, 6.45) is 1.30. The molecule has 19 heavy (non-hydrogen) atoms. The number of hydrogen-bond acceptors (Lipinski definition) is 4. The van der Waals surface area contributed by atoms with Gasteiger partial charge in [-0.2, -0.15) is 0 Å². The van der Waals surface area contributed by atoms with E-state index in [4.69, 9.17) is 0 Å². The fraction of sp³-hybridized carbons (Fsp3) is 0. The third-order valence-electron chi connectivity index (χ3n) is 2.65. The van der Waals surface area contributed by atoms with Gasteiger partial charge in [-0.15, -0.1) is 0 Å². The molecule has 0 fully saturated rings. The minimum atomic E-state index is -3.62. The number of rotatable bonds is 4. The monoisotopic (exact) mass is 274 g/mol. The van der Waals surface area contributed by atoms with Gasteiger partial charge in [-0.25, -0.2) is 8.42 Å². The Morgan fingerprint density at radius 3 is 1.21 bits per heavy atom. The molecule has 2 aromatic rings. The van der Waals surface area contributed by atoms with Gasteiger partial charge in [-0.3, -0.25) is 9.59 Å². The van der Waals surface area contributed by atoms with Crippen molar-refractivity contribution in [3.63, 3.8) is 0 Å². The van der Waals surface area contributed by atoms with Gasteiger partial charge in [0.05, 0.1) is 9.79 Å². The van der Waals surface area contributed by atoms with E-state index in [1.807, 2.05) is 0 Å². The molecule has 0 aliphatic heterocycles. The number of sulfone groups is 1. The van der Waals surface area contributed by atoms with Crippen molar-refractivity contribution in [3.05, 3.63) is 59.7 Å². The first-order valence-corrected chi connectivity index (χ1v) is 6.92. The maximum Gasteiger partial charge on any atom is 0.206 e. The van der Waals surface area contributed by atoms with Crippen LogP contribution in [0.4, 0.5) is 0 Å². The smallest absolute Gasteiger partial charge is 0.206 e. The average molecular weight is 274 g/mol. The van der Waals surface area contributed by atoms with Crippen molar-refractivity contribution < 1.29 is 18.0 Å². The molecule has 0 unspecified atom stereocenters. The first kappa shape index (κ1) is 13.2. The molecule has 0 radical (unpaired) electrons. The Morgan fingerprint density at radius 2 is 0.947 bits per heavy atom. The quantitative estimate of drug-likeness (QED) is 0.801. The van der Waals surface area contributed by atoms with E-state index in [-0.39, 0.29) is 9.79 Å². The Kier molecular flexibility index (Phi) is 3.57. The van der Waals surface area contributed by atoms with Crippen molar-refractivity contribution in [2.24, 2.45) is 0 Å². The fourth-order valence-electron chi connectivity index (χ4n) is 1.59. The van der Waals surface area contributed by atoms with Crippen LogP contribution in [-0.4, -0.2) is 21.0 Å². The molecule has 0 aromatic heterocycles. The summed E-state index contributed by atoms with van der Waals surface area (Å²) < 4.78 is 24.5. The summed E-state index contributed by atoms with van der Waals surface area (Å²) in [5.74, 6) is 0. The van der Waals surface area contributed by atoms with Crippen LogP contribution in [0.15, 0.2) is 58.3 Å². The van der Waals surface area contributed by atoms with Crippen molar-refractivity contribution in [1.29, 1.82) is 0 Å². The largest absolute Gasteiger partial charge is 0.298 e. The van der Waals surface area contributed by atoms with E-state index in [2.05, 4.69) is 0 Å². The second-order valence-electron chi connectivity index (χ2n) is 3.88. The van der Waals surface area contributed by atoms with Gasteiger partial charge in [0.2, 0.25) is 9.84 Å². The maximum absolute atomic E-state index is 12.3. The van der Waals surface area contributed by atoms with Gasteiger partial charge < -0.3 is 0 Å². The summed E-state index contributed by atoms with van der Waals surface area (Å²) in [6.45, 7) is 0. The Bertz CT molecular complexity index is 641. The molecular weight excluding hydrogens is 264 g/mol. The molecule has 0 amide bonds. The zero-order valence-corrected chi connectivity index (χ0v) is 10.6. The Hall–Kier alpha value is -2.27. The minimum Gasteiger partial charge on any atom is -0.298 e. The zero-order valence-electron chi connectivity index (χ0n) is 9.81. The highest BCUT2D eigenvalue weighted by molar-refractivity contribution is 7.91. The molecule has 0 N–H and O–H groups in total. The molecule has 5 heteroatoms. The number of hydrogen-bond donors (Lipinski definition) is 0. The van der Waals surface area contributed by atoms with Crippen LogP contribution in [0, 0.1) is 0 Å². The zero-order chi connectivity index (χ0) is 13.9. The van der Waals surface area contributed by atoms with Crippen LogP contribution < -0.4 is 0 Å². The van der Waals surface area contributed by atoms with Gasteiger partial charge >= 0.3 is 0 Å². The van der Waals surface area contributed by atoms with E-state index < -0.39 is 9.84 Å². The molecular formula is C14H10O4S. The predicted octanol–water partition coefficient (Wildman–Crippen LogP) is 2.14. The Labute approximate surface area is 110 Å². The summed E-state index contributed by atoms with van der Waals surface area (Å²) in [6, 6.07) is 11.3. The standard InChI is InChI=1S/C14H10O4S/c15-9-11-1-5-13(6-2-11)19(17,18)14-7-3-12(10-16)4-8-14/h1-10H. The average Bonchev–Trinajstić information content (AvgIpc) is 2.47. The van der Waals surface area contributed by atoms with Gasteiger partial charge in [-0.1, -0.05) is 24.3 Å². The summed E-state index contributed by atoms with van der Waals surface area (Å²) >= 11 is 0. The van der Waals surface area contributed by atoms with Gasteiger partial charge in [0.1, 0.15) is 12.6 Å². The molecule has 2 aromatic carbocycles. The number of carbonyl (C=O) groups excluding carboxylic acids is 2. The van der Waals surface area contributed by atoms with Crippen LogP contribution in [0.3, 0.4) is 0 Å². The fourth-order valence-corrected chi connectivity index (χ4v) is 2.85. The van der Waals surface area contributed by atoms with Gasteiger partial charge in [0.15, 0.2) is 0 Å². The SMILES string of the molecule is O=Cc1ccc(S(=O)(=O)c2ccc(C=O)cc2)cc1. The molecule has 0 aliphatic carbocycles. The molecule has 0 spiro atoms. The van der Waals surface area contributed by atoms with Gasteiger partial charge in [0.25, 0.3) is 0 Å². The molecule has 96 valence electrons. The van der Waals surface area contributed by atoms with E-state index in [1.165, 1.54) is 48.5 Å². The van der Waals surface area contributed by atoms with Crippen LogP contribution in [0.1, 0.15) is 20.7 Å². The van der Waals surface area contributed by atoms with Crippen molar-refractivity contribution in [1.82, 2.24) is 0 Å². The van der Waals surface area contributed by atoms with Crippen LogP contribution in [0.2, 0.25) is 0 Å². The third-order valence-corrected chi connectivity index (χ3v) is 4.44. The highest BCUT2D eigenvalue weighted by Crippen LogP contribution is 2.21. The van der Waals surface area contributed by atoms with Crippen molar-refractivity contribution in [2.45, 2.75) is 9.79 Å². The second kappa shape index (κ2) is 5.16. The molecule has 2 rings (SSSR count). The normalized spacial score (nSPS) is 10.9. The molecule has 0 saturated heterocycles. The van der Waals surface area contributed by atoms with Crippen molar-refractivity contribution >= 4 is 22.4 Å². The van der Waals surface area contributed by atoms with E-state index >= 15 is 0 Å². The van der Waals surface area contributed by atoms with Crippen molar-refractivity contribution in [3.8, 4) is 0 Å². The predicted molar refractivity (Wildman–Crippen MR) is 69.1 cm³/mol. The lowest BCUT2D eigenvalue weighted by Crippen LogP contribution is -2.02. The Morgan fingerprint density at radius 1 is 0.632 bits per heavy atom. The number of carbonyl (C=O) groups is 2. The summed E-state index contributed by atoms with van der Waals surface area (Å²) in [5.41, 5.74) is 0.825. The second-order valence-corrected chi connectivity index (χ2v) is 5.83. The lowest BCUT2D eigenvalue weighted by Gasteiger charge is -2.04. The first-order valence-electron chi connectivity index (χ1n) is 5.43. The minimum absolute atomic E-state index is 0.108.